The molecule has 0 aliphatic carbocycles. The SMILES string of the molecule is CC(=O)O[C@@H](C)C=CC(=O)N[C@@H]1C[C@H](C)[C@H](CC=C(C)C=C[C@H]2O[C@H](CNC(=O)OC[C@@H](C)SSc3ccccn3)C[C@@]3(CO3)[C@@H]2O)O[C@@H]1C. The lowest BCUT2D eigenvalue weighted by Crippen LogP contribution is -2.52. The van der Waals surface area contributed by atoms with Crippen molar-refractivity contribution in [2.75, 3.05) is 19.8 Å². The molecule has 0 unspecified atom stereocenters. The number of hydrogen-bond donors (Lipinski definition) is 3. The minimum absolute atomic E-state index is 0.0166. The molecular formula is C36H51N3O9S2. The maximum absolute atomic E-state index is 12.4. The molecule has 3 N–H and O–H groups in total. The Kier molecular flexibility index (Phi) is 15.2. The molecule has 14 heteroatoms. The second kappa shape index (κ2) is 19.1. The number of amides is 2. The molecule has 12 nitrogen and oxygen atoms in total. The monoisotopic (exact) mass is 733 g/mol. The molecule has 0 aromatic carbocycles. The molecule has 1 spiro atoms. The Morgan fingerprint density at radius 1 is 1.18 bits per heavy atom. The normalized spacial score (nSPS) is 30.9. The predicted molar refractivity (Wildman–Crippen MR) is 192 cm³/mol. The van der Waals surface area contributed by atoms with E-state index in [1.54, 1.807) is 40.8 Å². The first-order valence-electron chi connectivity index (χ1n) is 17.1. The zero-order valence-electron chi connectivity index (χ0n) is 29.6. The number of nitrogens with zero attached hydrogens (tertiary/aromatic N) is 1. The molecule has 3 saturated heterocycles. The highest BCUT2D eigenvalue weighted by molar-refractivity contribution is 8.76. The van der Waals surface area contributed by atoms with Gasteiger partial charge in [-0.2, -0.15) is 0 Å². The summed E-state index contributed by atoms with van der Waals surface area (Å²) in [6.45, 7) is 12.0. The van der Waals surface area contributed by atoms with Crippen molar-refractivity contribution >= 4 is 39.6 Å². The number of allylic oxidation sites excluding steroid dienone is 2. The van der Waals surface area contributed by atoms with E-state index in [-0.39, 0.29) is 54.6 Å². The molecule has 0 bridgehead atoms. The number of aromatic nitrogens is 1. The fourth-order valence-corrected chi connectivity index (χ4v) is 7.76. The number of esters is 1. The van der Waals surface area contributed by atoms with Gasteiger partial charge in [0.1, 0.15) is 35.5 Å². The van der Waals surface area contributed by atoms with Crippen molar-refractivity contribution < 1.29 is 43.2 Å². The number of aliphatic hydroxyl groups is 1. The third-order valence-corrected chi connectivity index (χ3v) is 11.5. The summed E-state index contributed by atoms with van der Waals surface area (Å²) in [7, 11) is 3.13. The van der Waals surface area contributed by atoms with Crippen LogP contribution in [0.1, 0.15) is 60.8 Å². The van der Waals surface area contributed by atoms with Gasteiger partial charge in [-0.1, -0.05) is 47.6 Å². The zero-order valence-corrected chi connectivity index (χ0v) is 31.2. The molecule has 276 valence electrons. The topological polar surface area (TPSA) is 158 Å². The van der Waals surface area contributed by atoms with Crippen LogP contribution in [0.25, 0.3) is 0 Å². The van der Waals surface area contributed by atoms with Crippen LogP contribution in [0.4, 0.5) is 4.79 Å². The van der Waals surface area contributed by atoms with Crippen molar-refractivity contribution in [1.82, 2.24) is 15.6 Å². The van der Waals surface area contributed by atoms with Gasteiger partial charge in [-0.25, -0.2) is 9.78 Å². The van der Waals surface area contributed by atoms with Crippen LogP contribution in [0.15, 0.2) is 65.4 Å². The Labute approximate surface area is 302 Å². The zero-order chi connectivity index (χ0) is 36.3. The molecule has 50 heavy (non-hydrogen) atoms. The highest BCUT2D eigenvalue weighted by Gasteiger charge is 2.58. The van der Waals surface area contributed by atoms with E-state index in [2.05, 4.69) is 28.6 Å². The highest BCUT2D eigenvalue weighted by Crippen LogP contribution is 2.42. The minimum atomic E-state index is -0.821. The molecule has 1 aromatic rings. The molecule has 0 saturated carbocycles. The lowest BCUT2D eigenvalue weighted by molar-refractivity contribution is -0.143. The first-order chi connectivity index (χ1) is 23.8. The van der Waals surface area contributed by atoms with Gasteiger partial charge in [0.25, 0.3) is 0 Å². The number of epoxide rings is 1. The molecule has 3 aliphatic heterocycles. The molecule has 4 heterocycles. The standard InChI is InChI=1S/C36H51N3O9S2/c1-22(10-13-30-23(2)17-29(26(5)47-30)39-32(41)15-12-24(3)46-27(6)40)11-14-31-34(42)36(21-45-36)18-28(48-31)19-38-35(43)44-20-25(4)49-50-33-9-7-8-16-37-33/h7-12,14-16,23-26,28-31,34,42H,13,17-21H2,1-6H3,(H,38,43)(H,39,41)/t23-,24-,25+,26+,28-,29+,30-,31+,34+,36+/m0/s1. The maximum atomic E-state index is 12.4. The Morgan fingerprint density at radius 2 is 1.96 bits per heavy atom. The summed E-state index contributed by atoms with van der Waals surface area (Å²) in [5.41, 5.74) is 0.327. The summed E-state index contributed by atoms with van der Waals surface area (Å²) >= 11 is 0. The van der Waals surface area contributed by atoms with Gasteiger partial charge in [-0.05, 0) is 75.5 Å². The summed E-state index contributed by atoms with van der Waals surface area (Å²) in [6.07, 6.45) is 9.53. The van der Waals surface area contributed by atoms with Crippen molar-refractivity contribution in [3.63, 3.8) is 0 Å². The van der Waals surface area contributed by atoms with E-state index in [9.17, 15) is 19.5 Å². The van der Waals surface area contributed by atoms with Gasteiger partial charge in [-0.3, -0.25) is 9.59 Å². The molecule has 3 aliphatic rings. The van der Waals surface area contributed by atoms with E-state index in [1.807, 2.05) is 51.1 Å². The number of carbonyl (C=O) groups excluding carboxylic acids is 3. The number of pyridine rings is 1. The summed E-state index contributed by atoms with van der Waals surface area (Å²) in [6, 6.07) is 5.60. The Morgan fingerprint density at radius 3 is 2.66 bits per heavy atom. The van der Waals surface area contributed by atoms with E-state index >= 15 is 0 Å². The summed E-state index contributed by atoms with van der Waals surface area (Å²) in [5.74, 6) is -0.449. The van der Waals surface area contributed by atoms with Crippen LogP contribution in [-0.4, -0.2) is 101 Å². The van der Waals surface area contributed by atoms with Crippen LogP contribution < -0.4 is 10.6 Å². The van der Waals surface area contributed by atoms with Crippen molar-refractivity contribution in [2.45, 2.75) is 119 Å². The van der Waals surface area contributed by atoms with Crippen LogP contribution in [0, 0.1) is 5.92 Å². The van der Waals surface area contributed by atoms with Crippen LogP contribution in [0.5, 0.6) is 0 Å². The molecule has 4 rings (SSSR count). The van der Waals surface area contributed by atoms with Gasteiger partial charge >= 0.3 is 12.1 Å². The minimum Gasteiger partial charge on any atom is -0.459 e. The fourth-order valence-electron chi connectivity index (χ4n) is 5.88. The van der Waals surface area contributed by atoms with E-state index in [0.29, 0.717) is 19.4 Å². The van der Waals surface area contributed by atoms with Gasteiger partial charge in [0.15, 0.2) is 0 Å². The Bertz CT molecular complexity index is 1370. The summed E-state index contributed by atoms with van der Waals surface area (Å²) in [5, 5.41) is 17.8. The van der Waals surface area contributed by atoms with Crippen LogP contribution in [0.2, 0.25) is 0 Å². The van der Waals surface area contributed by atoms with E-state index in [1.165, 1.54) is 13.0 Å². The largest absolute Gasteiger partial charge is 0.459 e. The van der Waals surface area contributed by atoms with E-state index < -0.39 is 36.0 Å². The first kappa shape index (κ1) is 39.9. The van der Waals surface area contributed by atoms with Gasteiger partial charge in [0, 0.05) is 37.4 Å². The molecular weight excluding hydrogens is 683 g/mol. The lowest BCUT2D eigenvalue weighted by atomic mass is 9.87. The number of rotatable bonds is 15. The van der Waals surface area contributed by atoms with E-state index in [0.717, 1.165) is 17.0 Å². The van der Waals surface area contributed by atoms with Crippen LogP contribution in [-0.2, 0) is 33.3 Å². The van der Waals surface area contributed by atoms with Crippen molar-refractivity contribution in [2.24, 2.45) is 5.92 Å². The summed E-state index contributed by atoms with van der Waals surface area (Å²) in [4.78, 5) is 40.2. The second-order valence-corrected chi connectivity index (χ2v) is 15.9. The predicted octanol–water partition coefficient (Wildman–Crippen LogP) is 4.92. The maximum Gasteiger partial charge on any atom is 0.407 e. The number of aliphatic hydroxyl groups excluding tert-OH is 1. The number of carbonyl (C=O) groups is 3. The quantitative estimate of drug-likeness (QED) is 0.0736. The third-order valence-electron chi connectivity index (χ3n) is 8.78. The number of nitrogens with one attached hydrogen (secondary N) is 2. The van der Waals surface area contributed by atoms with Crippen molar-refractivity contribution in [3.8, 4) is 0 Å². The van der Waals surface area contributed by atoms with Gasteiger partial charge in [0.05, 0.1) is 31.0 Å². The van der Waals surface area contributed by atoms with Gasteiger partial charge in [-0.15, -0.1) is 0 Å². The second-order valence-electron chi connectivity index (χ2n) is 13.3. The molecule has 1 aromatic heterocycles. The first-order valence-corrected chi connectivity index (χ1v) is 19.3. The molecule has 10 atom stereocenters. The third kappa shape index (κ3) is 12.7. The van der Waals surface area contributed by atoms with Crippen molar-refractivity contribution in [3.05, 3.63) is 60.3 Å². The van der Waals surface area contributed by atoms with E-state index in [4.69, 9.17) is 23.7 Å². The smallest absolute Gasteiger partial charge is 0.407 e. The molecule has 3 fully saturated rings. The Hall–Kier alpha value is -2.88. The van der Waals surface area contributed by atoms with Crippen LogP contribution in [0.3, 0.4) is 0 Å². The van der Waals surface area contributed by atoms with Gasteiger partial charge in [0.2, 0.25) is 5.91 Å². The Balaban J connectivity index is 1.20. The highest BCUT2D eigenvalue weighted by atomic mass is 33.1. The average molecular weight is 734 g/mol. The van der Waals surface area contributed by atoms with Crippen LogP contribution >= 0.6 is 21.6 Å². The molecule has 2 amide bonds. The molecule has 0 radical (unpaired) electrons. The van der Waals surface area contributed by atoms with Gasteiger partial charge < -0.3 is 39.4 Å². The average Bonchev–Trinajstić information content (AvgIpc) is 3.86. The number of alkyl carbamates (subject to hydrolysis) is 1. The fraction of sp³-hybridized carbons (Fsp3) is 0.611. The summed E-state index contributed by atoms with van der Waals surface area (Å²) < 4.78 is 28.6. The van der Waals surface area contributed by atoms with Crippen molar-refractivity contribution in [1.29, 1.82) is 0 Å². The lowest BCUT2D eigenvalue weighted by Gasteiger charge is -2.39. The number of hydrogen-bond acceptors (Lipinski definition) is 12. The number of ether oxygens (including phenoxy) is 5.